The molecule has 1 aromatic rings. The maximum Gasteiger partial charge on any atom is 0.375 e. The highest BCUT2D eigenvalue weighted by Crippen LogP contribution is 2.51. The average Bonchev–Trinajstić information content (AvgIpc) is 2.76. The molecule has 0 unspecified atom stereocenters. The van der Waals surface area contributed by atoms with Crippen molar-refractivity contribution >= 4 is 13.6 Å². The Kier molecular flexibility index (Phi) is 5.53. The summed E-state index contributed by atoms with van der Waals surface area (Å²) in [5, 5.41) is 0. The minimum absolute atomic E-state index is 0.0490. The predicted molar refractivity (Wildman–Crippen MR) is 62.4 cm³/mol. The van der Waals surface area contributed by atoms with E-state index in [0.717, 1.165) is 0 Å². The molecule has 0 amide bonds. The van der Waals surface area contributed by atoms with Crippen molar-refractivity contribution in [1.82, 2.24) is 4.98 Å². The van der Waals surface area contributed by atoms with Crippen LogP contribution in [0.5, 0.6) is 0 Å². The standard InChI is InChI=1S/C10H16NO6P/c1-4-15-18(13,16-5-2)7-9-11-6-8(17-9)10(12)14-3/h6H,4-5,7H2,1-3H3. The fourth-order valence-corrected chi connectivity index (χ4v) is 2.79. The summed E-state index contributed by atoms with van der Waals surface area (Å²) in [7, 11) is -2.04. The molecule has 102 valence electrons. The molecule has 7 nitrogen and oxygen atoms in total. The summed E-state index contributed by atoms with van der Waals surface area (Å²) in [4.78, 5) is 15.0. The number of carbonyl (C=O) groups excluding carboxylic acids is 1. The van der Waals surface area contributed by atoms with Crippen LogP contribution in [0.15, 0.2) is 10.6 Å². The van der Waals surface area contributed by atoms with Crippen LogP contribution in [-0.4, -0.2) is 31.3 Å². The van der Waals surface area contributed by atoms with Crippen molar-refractivity contribution in [3.05, 3.63) is 17.8 Å². The first-order chi connectivity index (χ1) is 8.54. The Morgan fingerprint density at radius 1 is 1.39 bits per heavy atom. The molecule has 1 aromatic heterocycles. The van der Waals surface area contributed by atoms with Crippen molar-refractivity contribution in [1.29, 1.82) is 0 Å². The molecule has 0 N–H and O–H groups in total. The van der Waals surface area contributed by atoms with Gasteiger partial charge in [0.2, 0.25) is 11.7 Å². The van der Waals surface area contributed by atoms with Gasteiger partial charge in [-0.05, 0) is 13.8 Å². The van der Waals surface area contributed by atoms with Crippen LogP contribution in [0.1, 0.15) is 30.3 Å². The Morgan fingerprint density at radius 2 is 2.00 bits per heavy atom. The van der Waals surface area contributed by atoms with Gasteiger partial charge in [-0.1, -0.05) is 0 Å². The van der Waals surface area contributed by atoms with Crippen LogP contribution in [-0.2, 0) is 24.5 Å². The van der Waals surface area contributed by atoms with E-state index in [1.54, 1.807) is 13.8 Å². The van der Waals surface area contributed by atoms with Crippen molar-refractivity contribution < 1.29 is 27.6 Å². The first-order valence-corrected chi connectivity index (χ1v) is 7.18. The van der Waals surface area contributed by atoms with E-state index >= 15 is 0 Å². The van der Waals surface area contributed by atoms with Gasteiger partial charge in [0.05, 0.1) is 26.5 Å². The topological polar surface area (TPSA) is 87.9 Å². The zero-order valence-electron chi connectivity index (χ0n) is 10.5. The normalized spacial score (nSPS) is 11.5. The third-order valence-electron chi connectivity index (χ3n) is 1.92. The van der Waals surface area contributed by atoms with Crippen LogP contribution < -0.4 is 0 Å². The maximum atomic E-state index is 12.2. The van der Waals surface area contributed by atoms with E-state index in [4.69, 9.17) is 13.5 Å². The lowest BCUT2D eigenvalue weighted by atomic mass is 10.5. The summed E-state index contributed by atoms with van der Waals surface area (Å²) in [6.07, 6.45) is 1.09. The number of rotatable bonds is 7. The fraction of sp³-hybridized carbons (Fsp3) is 0.600. The molecule has 1 rings (SSSR count). The number of nitrogens with zero attached hydrogens (tertiary/aromatic N) is 1. The van der Waals surface area contributed by atoms with Gasteiger partial charge in [0.1, 0.15) is 6.16 Å². The average molecular weight is 277 g/mol. The Balaban J connectivity index is 2.78. The zero-order valence-corrected chi connectivity index (χ0v) is 11.4. The van der Waals surface area contributed by atoms with Crippen molar-refractivity contribution in [2.45, 2.75) is 20.0 Å². The van der Waals surface area contributed by atoms with Crippen LogP contribution in [0, 0.1) is 0 Å². The van der Waals surface area contributed by atoms with Gasteiger partial charge in [0.25, 0.3) is 0 Å². The van der Waals surface area contributed by atoms with Gasteiger partial charge >= 0.3 is 13.6 Å². The van der Waals surface area contributed by atoms with Gasteiger partial charge in [-0.2, -0.15) is 0 Å². The summed E-state index contributed by atoms with van der Waals surface area (Å²) in [6, 6.07) is 0. The van der Waals surface area contributed by atoms with E-state index in [-0.39, 0.29) is 31.0 Å². The second-order valence-electron chi connectivity index (χ2n) is 3.21. The van der Waals surface area contributed by atoms with Crippen LogP contribution in [0.4, 0.5) is 0 Å². The summed E-state index contributed by atoms with van der Waals surface area (Å²) in [5.74, 6) is -0.580. The van der Waals surface area contributed by atoms with E-state index in [9.17, 15) is 9.36 Å². The molecule has 0 atom stereocenters. The molecule has 0 aliphatic rings. The largest absolute Gasteiger partial charge is 0.463 e. The number of hydrogen-bond donors (Lipinski definition) is 0. The number of esters is 1. The molecule has 0 spiro atoms. The molecule has 0 aliphatic carbocycles. The molecule has 0 saturated heterocycles. The third kappa shape index (κ3) is 3.94. The van der Waals surface area contributed by atoms with Crippen LogP contribution in [0.2, 0.25) is 0 Å². The zero-order chi connectivity index (χ0) is 13.6. The third-order valence-corrected chi connectivity index (χ3v) is 3.88. The lowest BCUT2D eigenvalue weighted by molar-refractivity contribution is 0.0563. The highest BCUT2D eigenvalue weighted by Gasteiger charge is 2.27. The fourth-order valence-electron chi connectivity index (χ4n) is 1.27. The summed E-state index contributed by atoms with van der Waals surface area (Å²) in [6.45, 7) is 3.92. The predicted octanol–water partition coefficient (Wildman–Crippen LogP) is 2.23. The number of methoxy groups -OCH3 is 1. The highest BCUT2D eigenvalue weighted by atomic mass is 31.2. The van der Waals surface area contributed by atoms with E-state index in [1.807, 2.05) is 0 Å². The van der Waals surface area contributed by atoms with Gasteiger partial charge in [-0.15, -0.1) is 0 Å². The summed E-state index contributed by atoms with van der Waals surface area (Å²) < 4.78 is 31.9. The van der Waals surface area contributed by atoms with Crippen molar-refractivity contribution in [2.24, 2.45) is 0 Å². The van der Waals surface area contributed by atoms with Gasteiger partial charge < -0.3 is 18.2 Å². The lowest BCUT2D eigenvalue weighted by Crippen LogP contribution is -2.00. The van der Waals surface area contributed by atoms with Crippen LogP contribution >= 0.6 is 7.60 Å². The summed E-state index contributed by atoms with van der Waals surface area (Å²) in [5.41, 5.74) is 0. The molecule has 0 aliphatic heterocycles. The molecule has 1 heterocycles. The van der Waals surface area contributed by atoms with Crippen LogP contribution in [0.3, 0.4) is 0 Å². The van der Waals surface area contributed by atoms with Gasteiger partial charge in [0.15, 0.2) is 0 Å². The number of hydrogen-bond acceptors (Lipinski definition) is 7. The van der Waals surface area contributed by atoms with Crippen LogP contribution in [0.25, 0.3) is 0 Å². The molecule has 0 saturated carbocycles. The molecule has 0 fully saturated rings. The molecule has 0 aromatic carbocycles. The maximum absolute atomic E-state index is 12.2. The molecule has 0 bridgehead atoms. The highest BCUT2D eigenvalue weighted by molar-refractivity contribution is 7.52. The summed E-state index contributed by atoms with van der Waals surface area (Å²) >= 11 is 0. The SMILES string of the molecule is CCOP(=O)(Cc1ncc(C(=O)OC)o1)OCC. The smallest absolute Gasteiger partial charge is 0.375 e. The van der Waals surface area contributed by atoms with E-state index in [1.165, 1.54) is 13.3 Å². The molecular weight excluding hydrogens is 261 g/mol. The first-order valence-electron chi connectivity index (χ1n) is 5.45. The van der Waals surface area contributed by atoms with E-state index in [2.05, 4.69) is 9.72 Å². The van der Waals surface area contributed by atoms with Crippen molar-refractivity contribution in [2.75, 3.05) is 20.3 Å². The number of oxazole rings is 1. The molecule has 18 heavy (non-hydrogen) atoms. The first kappa shape index (κ1) is 14.9. The number of aromatic nitrogens is 1. The quantitative estimate of drug-likeness (QED) is 0.557. The Labute approximate surface area is 105 Å². The van der Waals surface area contributed by atoms with Crippen molar-refractivity contribution in [3.63, 3.8) is 0 Å². The Morgan fingerprint density at radius 3 is 2.50 bits per heavy atom. The van der Waals surface area contributed by atoms with Gasteiger partial charge in [-0.25, -0.2) is 9.78 Å². The van der Waals surface area contributed by atoms with Gasteiger partial charge in [0, 0.05) is 0 Å². The Bertz CT molecular complexity index is 433. The van der Waals surface area contributed by atoms with Gasteiger partial charge in [-0.3, -0.25) is 4.57 Å². The van der Waals surface area contributed by atoms with E-state index in [0.29, 0.717) is 0 Å². The molecule has 0 radical (unpaired) electrons. The number of ether oxygens (including phenoxy) is 1. The Hall–Kier alpha value is -1.17. The monoisotopic (exact) mass is 277 g/mol. The number of carbonyl (C=O) groups is 1. The minimum atomic E-state index is -3.27. The minimum Gasteiger partial charge on any atom is -0.463 e. The second kappa shape index (κ2) is 6.68. The molecular formula is C10H16NO6P. The van der Waals surface area contributed by atoms with E-state index < -0.39 is 13.6 Å². The molecule has 8 heteroatoms. The van der Waals surface area contributed by atoms with Crippen molar-refractivity contribution in [3.8, 4) is 0 Å². The second-order valence-corrected chi connectivity index (χ2v) is 5.27. The lowest BCUT2D eigenvalue weighted by Gasteiger charge is -2.14.